The summed E-state index contributed by atoms with van der Waals surface area (Å²) in [4.78, 5) is 40.5. The van der Waals surface area contributed by atoms with Crippen LogP contribution in [-0.4, -0.2) is 76.0 Å². The molecule has 34 heavy (non-hydrogen) atoms. The molecule has 3 rings (SSSR count). The zero-order valence-corrected chi connectivity index (χ0v) is 17.9. The number of aromatic nitrogens is 4. The van der Waals surface area contributed by atoms with Crippen LogP contribution in [0.15, 0.2) is 28.5 Å². The normalized spacial score (nSPS) is 15.1. The molecule has 0 bridgehead atoms. The maximum Gasteiger partial charge on any atom is 0.423 e. The van der Waals surface area contributed by atoms with E-state index < -0.39 is 29.0 Å². The molecule has 0 unspecified atom stereocenters. The van der Waals surface area contributed by atoms with Gasteiger partial charge in [-0.15, -0.1) is 0 Å². The van der Waals surface area contributed by atoms with Gasteiger partial charge in [0.1, 0.15) is 11.6 Å². The van der Waals surface area contributed by atoms with Crippen LogP contribution in [0.25, 0.3) is 0 Å². The number of alkyl halides is 3. The Kier molecular flexibility index (Phi) is 7.61. The van der Waals surface area contributed by atoms with Gasteiger partial charge in [-0.25, -0.2) is 15.1 Å². The smallest absolute Gasteiger partial charge is 0.386 e. The van der Waals surface area contributed by atoms with Gasteiger partial charge in [0, 0.05) is 26.2 Å². The van der Waals surface area contributed by atoms with Gasteiger partial charge in [-0.3, -0.25) is 9.59 Å². The first kappa shape index (κ1) is 24.4. The number of piperazine rings is 1. The lowest BCUT2D eigenvalue weighted by Crippen LogP contribution is -2.50. The Morgan fingerprint density at radius 1 is 1.32 bits per heavy atom. The molecule has 0 radical (unpaired) electrons. The third kappa shape index (κ3) is 6.18. The molecule has 1 aliphatic rings. The Labute approximate surface area is 191 Å². The third-order valence-corrected chi connectivity index (χ3v) is 4.75. The lowest BCUT2D eigenvalue weighted by Gasteiger charge is -2.34. The van der Waals surface area contributed by atoms with Crippen molar-refractivity contribution < 1.29 is 22.8 Å². The molecule has 0 spiro atoms. The van der Waals surface area contributed by atoms with Crippen molar-refractivity contribution in [1.82, 2.24) is 25.1 Å². The maximum absolute atomic E-state index is 13.1. The van der Waals surface area contributed by atoms with Crippen molar-refractivity contribution in [1.29, 1.82) is 5.26 Å². The average molecular weight is 479 g/mol. The minimum absolute atomic E-state index is 0.309. The highest BCUT2D eigenvalue weighted by Crippen LogP contribution is 2.31. The number of carbonyl (C=O) groups is 1. The Morgan fingerprint density at radius 2 is 2.00 bits per heavy atom. The van der Waals surface area contributed by atoms with Crippen LogP contribution in [0.4, 0.5) is 24.8 Å². The first-order valence-electron chi connectivity index (χ1n) is 10.0. The van der Waals surface area contributed by atoms with Crippen LogP contribution >= 0.6 is 0 Å². The van der Waals surface area contributed by atoms with E-state index in [9.17, 15) is 22.8 Å². The molecule has 2 N–H and O–H groups in total. The molecule has 2 aromatic heterocycles. The van der Waals surface area contributed by atoms with Crippen molar-refractivity contribution in [3.63, 3.8) is 0 Å². The van der Waals surface area contributed by atoms with Gasteiger partial charge < -0.3 is 20.0 Å². The summed E-state index contributed by atoms with van der Waals surface area (Å²) in [5.74, 6) is 0.161. The van der Waals surface area contributed by atoms with E-state index in [1.165, 1.54) is 19.3 Å². The third-order valence-electron chi connectivity index (χ3n) is 4.75. The van der Waals surface area contributed by atoms with E-state index >= 15 is 0 Å². The van der Waals surface area contributed by atoms with Crippen LogP contribution in [0.3, 0.4) is 0 Å². The molecule has 0 aromatic carbocycles. The summed E-state index contributed by atoms with van der Waals surface area (Å²) >= 11 is 0. The Balaban J connectivity index is 1.45. The van der Waals surface area contributed by atoms with Gasteiger partial charge in [0.2, 0.25) is 5.95 Å². The molecule has 1 aliphatic heterocycles. The van der Waals surface area contributed by atoms with E-state index in [-0.39, 0.29) is 12.5 Å². The molecule has 12 nitrogen and oxygen atoms in total. The van der Waals surface area contributed by atoms with Crippen molar-refractivity contribution in [3.05, 3.63) is 40.1 Å². The maximum atomic E-state index is 13.1. The molecule has 1 fully saturated rings. The molecule has 1 amide bonds. The highest BCUT2D eigenvalue weighted by molar-refractivity contribution is 5.78. The standard InChI is InChI=1S/C19H20F3N9O3/c1-12(28-14-10-26-29-17(33)16(14)19(20,21)22)7-27-34-11-15(32)30-2-4-31(5-3-30)18-24-8-13(6-23)9-25-18/h7-10,12H,2-5,11H2,1H3,(H2,28,29,33)/b27-7+/t12-/m0/s1. The second-order valence-corrected chi connectivity index (χ2v) is 7.20. The van der Waals surface area contributed by atoms with Crippen LogP contribution < -0.4 is 15.8 Å². The highest BCUT2D eigenvalue weighted by Gasteiger charge is 2.37. The molecule has 1 atom stereocenters. The Hall–Kier alpha value is -4.22. The van der Waals surface area contributed by atoms with Crippen molar-refractivity contribution >= 4 is 23.8 Å². The second-order valence-electron chi connectivity index (χ2n) is 7.20. The zero-order valence-electron chi connectivity index (χ0n) is 17.9. The molecular formula is C19H20F3N9O3. The van der Waals surface area contributed by atoms with Gasteiger partial charge in [-0.1, -0.05) is 5.16 Å². The summed E-state index contributed by atoms with van der Waals surface area (Å²) < 4.78 is 39.2. The molecule has 3 heterocycles. The van der Waals surface area contributed by atoms with Crippen molar-refractivity contribution in [2.75, 3.05) is 43.0 Å². The van der Waals surface area contributed by atoms with Crippen molar-refractivity contribution in [2.24, 2.45) is 5.16 Å². The van der Waals surface area contributed by atoms with E-state index in [0.717, 1.165) is 12.4 Å². The average Bonchev–Trinajstić information content (AvgIpc) is 2.81. The number of aromatic amines is 1. The fourth-order valence-electron chi connectivity index (χ4n) is 3.09. The Bertz CT molecular complexity index is 1120. The van der Waals surface area contributed by atoms with E-state index in [4.69, 9.17) is 10.1 Å². The van der Waals surface area contributed by atoms with Crippen LogP contribution in [0.5, 0.6) is 0 Å². The molecular weight excluding hydrogens is 459 g/mol. The van der Waals surface area contributed by atoms with Crippen LogP contribution in [0, 0.1) is 11.3 Å². The van der Waals surface area contributed by atoms with Crippen LogP contribution in [0.2, 0.25) is 0 Å². The number of rotatable bonds is 7. The molecule has 0 saturated carbocycles. The van der Waals surface area contributed by atoms with E-state index in [1.807, 2.05) is 11.0 Å². The summed E-state index contributed by atoms with van der Waals surface area (Å²) in [6.07, 6.45) is 0.000867. The first-order valence-corrected chi connectivity index (χ1v) is 10.0. The van der Waals surface area contributed by atoms with Crippen molar-refractivity contribution in [2.45, 2.75) is 19.1 Å². The van der Waals surface area contributed by atoms with Gasteiger partial charge in [-0.05, 0) is 6.92 Å². The minimum atomic E-state index is -4.87. The monoisotopic (exact) mass is 479 g/mol. The predicted octanol–water partition coefficient (Wildman–Crippen LogP) is 0.602. The molecule has 1 saturated heterocycles. The molecule has 0 aliphatic carbocycles. The summed E-state index contributed by atoms with van der Waals surface area (Å²) in [7, 11) is 0. The molecule has 15 heteroatoms. The van der Waals surface area contributed by atoms with Crippen LogP contribution in [-0.2, 0) is 15.8 Å². The predicted molar refractivity (Wildman–Crippen MR) is 113 cm³/mol. The summed E-state index contributed by atoms with van der Waals surface area (Å²) in [5.41, 5.74) is -2.91. The fraction of sp³-hybridized carbons (Fsp3) is 0.421. The summed E-state index contributed by atoms with van der Waals surface area (Å²) in [6, 6.07) is 1.19. The van der Waals surface area contributed by atoms with E-state index in [1.54, 1.807) is 10.00 Å². The number of H-pyrrole nitrogens is 1. The van der Waals surface area contributed by atoms with Gasteiger partial charge in [0.25, 0.3) is 11.5 Å². The number of anilines is 2. The van der Waals surface area contributed by atoms with Gasteiger partial charge in [0.15, 0.2) is 6.61 Å². The minimum Gasteiger partial charge on any atom is -0.386 e. The number of oxime groups is 1. The number of amides is 1. The first-order chi connectivity index (χ1) is 16.2. The fourth-order valence-corrected chi connectivity index (χ4v) is 3.09. The number of hydrogen-bond donors (Lipinski definition) is 2. The topological polar surface area (TPSA) is 152 Å². The molecule has 180 valence electrons. The Morgan fingerprint density at radius 3 is 2.62 bits per heavy atom. The van der Waals surface area contributed by atoms with Gasteiger partial charge >= 0.3 is 6.18 Å². The number of nitrogens with zero attached hydrogens (tertiary/aromatic N) is 7. The lowest BCUT2D eigenvalue weighted by molar-refractivity contribution is -0.138. The largest absolute Gasteiger partial charge is 0.423 e. The van der Waals surface area contributed by atoms with E-state index in [2.05, 4.69) is 25.5 Å². The second kappa shape index (κ2) is 10.6. The lowest BCUT2D eigenvalue weighted by atomic mass is 10.2. The zero-order chi connectivity index (χ0) is 24.7. The number of halogens is 3. The van der Waals surface area contributed by atoms with Crippen LogP contribution in [0.1, 0.15) is 18.1 Å². The van der Waals surface area contributed by atoms with E-state index in [0.29, 0.717) is 37.7 Å². The van der Waals surface area contributed by atoms with Crippen molar-refractivity contribution in [3.8, 4) is 6.07 Å². The summed E-state index contributed by atoms with van der Waals surface area (Å²) in [6.45, 7) is 2.94. The number of nitrogens with one attached hydrogen (secondary N) is 2. The quantitative estimate of drug-likeness (QED) is 0.429. The highest BCUT2D eigenvalue weighted by atomic mass is 19.4. The number of carbonyl (C=O) groups excluding carboxylic acids is 1. The number of hydrogen-bond acceptors (Lipinski definition) is 10. The van der Waals surface area contributed by atoms with Gasteiger partial charge in [-0.2, -0.15) is 23.5 Å². The molecule has 2 aromatic rings. The van der Waals surface area contributed by atoms with Gasteiger partial charge in [0.05, 0.1) is 42.1 Å². The number of nitriles is 1. The SMILES string of the molecule is C[C@@H](/C=N/OCC(=O)N1CCN(c2ncc(C#N)cn2)CC1)Nc1cn[nH]c(=O)c1C(F)(F)F. The summed E-state index contributed by atoms with van der Waals surface area (Å²) in [5, 5.41) is 20.0.